The van der Waals surface area contributed by atoms with Crippen molar-refractivity contribution in [3.8, 4) is 16.9 Å². The van der Waals surface area contributed by atoms with Gasteiger partial charge in [0, 0.05) is 16.1 Å². The molecule has 0 atom stereocenters. The number of ether oxygens (including phenoxy) is 1. The largest absolute Gasteiger partial charge is 0.573 e. The first-order valence-corrected chi connectivity index (χ1v) is 5.88. The number of carbonyl (C=O) groups is 1. The molecule has 0 aliphatic carbocycles. The molecule has 0 N–H and O–H groups in total. The van der Waals surface area contributed by atoms with Crippen LogP contribution in [0, 0.1) is 0 Å². The fourth-order valence-corrected chi connectivity index (χ4v) is 1.94. The van der Waals surface area contributed by atoms with Crippen LogP contribution in [0.2, 0.25) is 5.02 Å². The lowest BCUT2D eigenvalue weighted by Gasteiger charge is -2.14. The van der Waals surface area contributed by atoms with E-state index in [2.05, 4.69) is 4.74 Å². The predicted octanol–water partition coefficient (Wildman–Crippen LogP) is 4.72. The monoisotopic (exact) mass is 300 g/mol. The summed E-state index contributed by atoms with van der Waals surface area (Å²) in [6.45, 7) is 0. The highest BCUT2D eigenvalue weighted by Crippen LogP contribution is 2.36. The van der Waals surface area contributed by atoms with E-state index in [0.29, 0.717) is 11.3 Å². The van der Waals surface area contributed by atoms with Gasteiger partial charge in [-0.05, 0) is 29.8 Å². The van der Waals surface area contributed by atoms with Gasteiger partial charge in [0.1, 0.15) is 5.75 Å². The maximum Gasteiger partial charge on any atom is 0.573 e. The Morgan fingerprint density at radius 2 is 1.75 bits per heavy atom. The van der Waals surface area contributed by atoms with E-state index in [0.717, 1.165) is 0 Å². The van der Waals surface area contributed by atoms with E-state index >= 15 is 0 Å². The summed E-state index contributed by atoms with van der Waals surface area (Å²) in [5, 5.41) is 0.312. The van der Waals surface area contributed by atoms with Crippen molar-refractivity contribution < 1.29 is 22.7 Å². The van der Waals surface area contributed by atoms with Gasteiger partial charge in [0.25, 0.3) is 0 Å². The second-order valence-corrected chi connectivity index (χ2v) is 4.33. The predicted molar refractivity (Wildman–Crippen MR) is 69.0 cm³/mol. The molecule has 0 aromatic heterocycles. The number of halogens is 4. The highest BCUT2D eigenvalue weighted by Gasteiger charge is 2.32. The number of rotatable bonds is 3. The average molecular weight is 301 g/mol. The molecule has 0 aliphatic rings. The quantitative estimate of drug-likeness (QED) is 0.767. The van der Waals surface area contributed by atoms with Gasteiger partial charge in [0.2, 0.25) is 0 Å². The Labute approximate surface area is 117 Å². The molecule has 6 heteroatoms. The number of carbonyl (C=O) groups excluding carboxylic acids is 1. The molecule has 0 spiro atoms. The summed E-state index contributed by atoms with van der Waals surface area (Å²) in [5.41, 5.74) is 0.661. The van der Waals surface area contributed by atoms with E-state index in [1.807, 2.05) is 0 Å². The molecule has 0 aliphatic heterocycles. The molecular weight excluding hydrogens is 293 g/mol. The highest BCUT2D eigenvalue weighted by molar-refractivity contribution is 6.31. The SMILES string of the molecule is O=Cc1ccc(Cl)cc1-c1ccccc1OC(F)(F)F. The van der Waals surface area contributed by atoms with Crippen LogP contribution in [0.25, 0.3) is 11.1 Å². The van der Waals surface area contributed by atoms with Gasteiger partial charge in [-0.25, -0.2) is 0 Å². The minimum absolute atomic E-state index is 0.148. The number of aldehydes is 1. The normalized spacial score (nSPS) is 11.2. The van der Waals surface area contributed by atoms with Crippen molar-refractivity contribution in [1.29, 1.82) is 0 Å². The first kappa shape index (κ1) is 14.4. The highest BCUT2D eigenvalue weighted by atomic mass is 35.5. The zero-order valence-corrected chi connectivity index (χ0v) is 10.7. The number of hydrogen-bond donors (Lipinski definition) is 0. The molecule has 0 radical (unpaired) electrons. The average Bonchev–Trinajstić information content (AvgIpc) is 2.37. The Bertz CT molecular complexity index is 639. The molecule has 20 heavy (non-hydrogen) atoms. The van der Waals surface area contributed by atoms with E-state index in [1.165, 1.54) is 36.4 Å². The third-order valence-corrected chi connectivity index (χ3v) is 2.78. The number of alkyl halides is 3. The van der Waals surface area contributed by atoms with Crippen molar-refractivity contribution in [3.05, 3.63) is 53.1 Å². The molecule has 0 saturated heterocycles. The molecule has 104 valence electrons. The Hall–Kier alpha value is -2.01. The molecule has 0 amide bonds. The van der Waals surface area contributed by atoms with Gasteiger partial charge in [-0.1, -0.05) is 29.8 Å². The number of benzene rings is 2. The van der Waals surface area contributed by atoms with Crippen LogP contribution in [0.5, 0.6) is 5.75 Å². The van der Waals surface area contributed by atoms with Crippen LogP contribution in [0.15, 0.2) is 42.5 Å². The van der Waals surface area contributed by atoms with Crippen LogP contribution in [0.3, 0.4) is 0 Å². The Balaban J connectivity index is 2.58. The first-order valence-electron chi connectivity index (χ1n) is 5.50. The summed E-state index contributed by atoms with van der Waals surface area (Å²) < 4.78 is 41.1. The van der Waals surface area contributed by atoms with Crippen LogP contribution < -0.4 is 4.74 Å². The van der Waals surface area contributed by atoms with Crippen LogP contribution >= 0.6 is 11.6 Å². The third kappa shape index (κ3) is 3.30. The van der Waals surface area contributed by atoms with Gasteiger partial charge in [-0.2, -0.15) is 0 Å². The van der Waals surface area contributed by atoms with Gasteiger partial charge >= 0.3 is 6.36 Å². The molecule has 0 saturated carbocycles. The van der Waals surface area contributed by atoms with Gasteiger partial charge < -0.3 is 4.74 Å². The minimum Gasteiger partial charge on any atom is -0.405 e. The molecule has 2 nitrogen and oxygen atoms in total. The van der Waals surface area contributed by atoms with Crippen molar-refractivity contribution >= 4 is 17.9 Å². The zero-order chi connectivity index (χ0) is 14.8. The lowest BCUT2D eigenvalue weighted by Crippen LogP contribution is -2.17. The smallest absolute Gasteiger partial charge is 0.405 e. The van der Waals surface area contributed by atoms with E-state index < -0.39 is 6.36 Å². The third-order valence-electron chi connectivity index (χ3n) is 2.55. The van der Waals surface area contributed by atoms with Gasteiger partial charge in [-0.3, -0.25) is 4.79 Å². The second-order valence-electron chi connectivity index (χ2n) is 3.89. The zero-order valence-electron chi connectivity index (χ0n) is 9.95. The summed E-state index contributed by atoms with van der Waals surface area (Å²) in [7, 11) is 0. The molecule has 0 bridgehead atoms. The minimum atomic E-state index is -4.81. The van der Waals surface area contributed by atoms with Crippen LogP contribution in [-0.2, 0) is 0 Å². The molecule has 2 aromatic rings. The van der Waals surface area contributed by atoms with Crippen molar-refractivity contribution in [1.82, 2.24) is 0 Å². The summed E-state index contributed by atoms with van der Waals surface area (Å²) in [6, 6.07) is 9.92. The van der Waals surface area contributed by atoms with Gasteiger partial charge in [-0.15, -0.1) is 13.2 Å². The van der Waals surface area contributed by atoms with Gasteiger partial charge in [0.15, 0.2) is 6.29 Å². The maximum absolute atomic E-state index is 12.4. The summed E-state index contributed by atoms with van der Waals surface area (Å²) >= 11 is 5.83. The van der Waals surface area contributed by atoms with Crippen molar-refractivity contribution in [2.24, 2.45) is 0 Å². The summed E-state index contributed by atoms with van der Waals surface area (Å²) in [4.78, 5) is 11.0. The summed E-state index contributed by atoms with van der Waals surface area (Å²) in [5.74, 6) is -0.384. The maximum atomic E-state index is 12.4. The summed E-state index contributed by atoms with van der Waals surface area (Å²) in [6.07, 6.45) is -4.26. The number of hydrogen-bond acceptors (Lipinski definition) is 2. The van der Waals surface area contributed by atoms with Crippen molar-refractivity contribution in [2.75, 3.05) is 0 Å². The lowest BCUT2D eigenvalue weighted by atomic mass is 9.99. The molecule has 0 heterocycles. The molecule has 0 fully saturated rings. The topological polar surface area (TPSA) is 26.3 Å². The fraction of sp³-hybridized carbons (Fsp3) is 0.0714. The van der Waals surface area contributed by atoms with Crippen molar-refractivity contribution in [2.45, 2.75) is 6.36 Å². The van der Waals surface area contributed by atoms with E-state index in [1.54, 1.807) is 6.07 Å². The van der Waals surface area contributed by atoms with E-state index in [4.69, 9.17) is 11.6 Å². The van der Waals surface area contributed by atoms with Gasteiger partial charge in [0.05, 0.1) is 0 Å². The van der Waals surface area contributed by atoms with Crippen molar-refractivity contribution in [3.63, 3.8) is 0 Å². The van der Waals surface area contributed by atoms with Crippen LogP contribution in [-0.4, -0.2) is 12.6 Å². The second kappa shape index (κ2) is 5.54. The van der Waals surface area contributed by atoms with Crippen LogP contribution in [0.1, 0.15) is 10.4 Å². The molecular formula is C14H8ClF3O2. The lowest BCUT2D eigenvalue weighted by molar-refractivity contribution is -0.274. The molecule has 2 rings (SSSR count). The van der Waals surface area contributed by atoms with Crippen LogP contribution in [0.4, 0.5) is 13.2 Å². The molecule has 0 unspecified atom stereocenters. The number of para-hydroxylation sites is 1. The Morgan fingerprint density at radius 3 is 2.40 bits per heavy atom. The Kier molecular flexibility index (Phi) is 3.99. The van der Waals surface area contributed by atoms with E-state index in [-0.39, 0.29) is 22.4 Å². The molecule has 2 aromatic carbocycles. The standard InChI is InChI=1S/C14H8ClF3O2/c15-10-6-5-9(8-19)12(7-10)11-3-1-2-4-13(11)20-14(16,17)18/h1-8H. The Morgan fingerprint density at radius 1 is 1.05 bits per heavy atom. The first-order chi connectivity index (χ1) is 9.40. The fourth-order valence-electron chi connectivity index (χ4n) is 1.77. The van der Waals surface area contributed by atoms with E-state index in [9.17, 15) is 18.0 Å².